The molecule has 0 nitrogen and oxygen atoms in total. The van der Waals surface area contributed by atoms with E-state index in [0.717, 1.165) is 63.1 Å². The molecule has 0 aromatic rings. The van der Waals surface area contributed by atoms with Crippen molar-refractivity contribution in [3.05, 3.63) is 12.7 Å². The van der Waals surface area contributed by atoms with Gasteiger partial charge in [0, 0.05) is 0 Å². The minimum absolute atomic E-state index is 0.543. The molecule has 174 valence electrons. The average Bonchev–Trinajstić information content (AvgIpc) is 2.71. The predicted octanol–water partition coefficient (Wildman–Crippen LogP) is 8.56. The van der Waals surface area contributed by atoms with E-state index < -0.39 is 0 Å². The van der Waals surface area contributed by atoms with Gasteiger partial charge < -0.3 is 0 Å². The van der Waals surface area contributed by atoms with Crippen LogP contribution < -0.4 is 0 Å². The van der Waals surface area contributed by atoms with Crippen molar-refractivity contribution in [1.29, 1.82) is 0 Å². The van der Waals surface area contributed by atoms with Crippen molar-refractivity contribution in [2.45, 2.75) is 116 Å². The molecule has 0 heteroatoms. The summed E-state index contributed by atoms with van der Waals surface area (Å²) in [6.45, 7) is 4.47. The van der Waals surface area contributed by atoms with E-state index in [0.29, 0.717) is 5.41 Å². The number of hydrogen-bond acceptors (Lipinski definition) is 0. The Hall–Kier alpha value is -0.260. The molecule has 12 bridgehead atoms. The molecule has 32 heavy (non-hydrogen) atoms. The van der Waals surface area contributed by atoms with Gasteiger partial charge in [0.25, 0.3) is 0 Å². The van der Waals surface area contributed by atoms with Gasteiger partial charge in [-0.2, -0.15) is 0 Å². The van der Waals surface area contributed by atoms with Gasteiger partial charge in [0.05, 0.1) is 0 Å². The largest absolute Gasteiger partial charge is 0.103 e. The zero-order valence-corrected chi connectivity index (χ0v) is 20.6. The van der Waals surface area contributed by atoms with Crippen molar-refractivity contribution < 1.29 is 0 Å². The first-order valence-electron chi connectivity index (χ1n) is 15.1. The molecule has 12 saturated carbocycles. The first-order chi connectivity index (χ1) is 15.4. The topological polar surface area (TPSA) is 0 Å². The van der Waals surface area contributed by atoms with E-state index in [1.807, 2.05) is 0 Å². The highest BCUT2D eigenvalue weighted by Crippen LogP contribution is 2.83. The standard InChI is InChI=1S/C32H46/c1-2-28-8-24-6-25(9-28)14-30(13-24,19-28)32-17-26-7-27(18-32)16-31(15-26,20-32)29-10-21-3-22(11-29)5-23(4-21)12-29/h2,21-27H,1,3-20H2. The van der Waals surface area contributed by atoms with Gasteiger partial charge in [0.15, 0.2) is 0 Å². The van der Waals surface area contributed by atoms with Gasteiger partial charge in [-0.1, -0.05) is 6.08 Å². The van der Waals surface area contributed by atoms with E-state index in [2.05, 4.69) is 12.7 Å². The fourth-order valence-electron chi connectivity index (χ4n) is 15.5. The quantitative estimate of drug-likeness (QED) is 0.393. The fourth-order valence-corrected chi connectivity index (χ4v) is 15.5. The van der Waals surface area contributed by atoms with E-state index in [1.165, 1.54) is 12.8 Å². The Kier molecular flexibility index (Phi) is 3.32. The van der Waals surface area contributed by atoms with E-state index in [-0.39, 0.29) is 0 Å². The van der Waals surface area contributed by atoms with Gasteiger partial charge in [-0.05, 0) is 184 Å². The van der Waals surface area contributed by atoms with Gasteiger partial charge in [-0.25, -0.2) is 0 Å². The third-order valence-electron chi connectivity index (χ3n) is 14.9. The summed E-state index contributed by atoms with van der Waals surface area (Å²) in [6, 6.07) is 0. The Labute approximate surface area is 196 Å². The average molecular weight is 431 g/mol. The van der Waals surface area contributed by atoms with Crippen molar-refractivity contribution in [3.63, 3.8) is 0 Å². The number of hydrogen-bond donors (Lipinski definition) is 0. The monoisotopic (exact) mass is 430 g/mol. The molecule has 0 aromatic carbocycles. The van der Waals surface area contributed by atoms with Crippen molar-refractivity contribution in [2.75, 3.05) is 0 Å². The Morgan fingerprint density at radius 2 is 0.750 bits per heavy atom. The van der Waals surface area contributed by atoms with Crippen LogP contribution in [0.3, 0.4) is 0 Å². The van der Waals surface area contributed by atoms with Crippen LogP contribution in [0.2, 0.25) is 0 Å². The second-order valence-corrected chi connectivity index (χ2v) is 16.5. The lowest BCUT2D eigenvalue weighted by molar-refractivity contribution is -0.272. The fraction of sp³-hybridized carbons (Fsp3) is 0.938. The molecule has 4 unspecified atom stereocenters. The molecule has 0 N–H and O–H groups in total. The molecule has 4 atom stereocenters. The van der Waals surface area contributed by atoms with Gasteiger partial charge in [0.1, 0.15) is 0 Å². The second-order valence-electron chi connectivity index (χ2n) is 16.5. The zero-order valence-electron chi connectivity index (χ0n) is 20.6. The molecule has 0 spiro atoms. The minimum atomic E-state index is 0.543. The molecule has 0 aromatic heterocycles. The van der Waals surface area contributed by atoms with Crippen LogP contribution in [0.1, 0.15) is 116 Å². The highest BCUT2D eigenvalue weighted by Gasteiger charge is 2.73. The lowest BCUT2D eigenvalue weighted by Crippen LogP contribution is -2.68. The summed E-state index contributed by atoms with van der Waals surface area (Å²) in [7, 11) is 0. The van der Waals surface area contributed by atoms with Crippen molar-refractivity contribution in [3.8, 4) is 0 Å². The van der Waals surface area contributed by atoms with E-state index in [1.54, 1.807) is 103 Å². The molecular weight excluding hydrogens is 384 g/mol. The Balaban J connectivity index is 1.16. The molecule has 0 amide bonds. The summed E-state index contributed by atoms with van der Waals surface area (Å²) in [4.78, 5) is 0. The van der Waals surface area contributed by atoms with Crippen LogP contribution in [0.4, 0.5) is 0 Å². The Bertz CT molecular complexity index is 811. The SMILES string of the molecule is C=CC12CC3CC(C1)CC(C14CC5CC(CC(C67CC8CC(CC(C8)C6)C7)(C5)C1)C4)(C3)C2. The first-order valence-corrected chi connectivity index (χ1v) is 15.1. The highest BCUT2D eigenvalue weighted by molar-refractivity contribution is 5.24. The van der Waals surface area contributed by atoms with Crippen molar-refractivity contribution in [2.24, 2.45) is 68.5 Å². The smallest absolute Gasteiger partial charge is 0.0110 e. The zero-order chi connectivity index (χ0) is 21.0. The number of allylic oxidation sites excluding steroid dienone is 1. The first kappa shape index (κ1) is 19.0. The molecule has 12 fully saturated rings. The van der Waals surface area contributed by atoms with Gasteiger partial charge >= 0.3 is 0 Å². The summed E-state index contributed by atoms with van der Waals surface area (Å²) >= 11 is 0. The van der Waals surface area contributed by atoms with Crippen LogP contribution in [0.15, 0.2) is 12.7 Å². The lowest BCUT2D eigenvalue weighted by atomic mass is 9.27. The third kappa shape index (κ3) is 2.12. The summed E-state index contributed by atoms with van der Waals surface area (Å²) < 4.78 is 0. The van der Waals surface area contributed by atoms with E-state index in [9.17, 15) is 0 Å². The maximum atomic E-state index is 4.47. The van der Waals surface area contributed by atoms with Crippen LogP contribution in [0.25, 0.3) is 0 Å². The van der Waals surface area contributed by atoms with Crippen LogP contribution >= 0.6 is 0 Å². The van der Waals surface area contributed by atoms with Crippen LogP contribution in [-0.2, 0) is 0 Å². The number of rotatable bonds is 3. The maximum absolute atomic E-state index is 4.47. The predicted molar refractivity (Wildman–Crippen MR) is 130 cm³/mol. The van der Waals surface area contributed by atoms with Crippen LogP contribution in [0, 0.1) is 68.5 Å². The minimum Gasteiger partial charge on any atom is -0.103 e. The van der Waals surface area contributed by atoms with Crippen molar-refractivity contribution >= 4 is 0 Å². The highest BCUT2D eigenvalue weighted by atomic mass is 14.8. The van der Waals surface area contributed by atoms with E-state index >= 15 is 0 Å². The van der Waals surface area contributed by atoms with E-state index in [4.69, 9.17) is 0 Å². The molecule has 0 saturated heterocycles. The van der Waals surface area contributed by atoms with Crippen molar-refractivity contribution in [1.82, 2.24) is 0 Å². The Morgan fingerprint density at radius 3 is 1.22 bits per heavy atom. The molecule has 0 radical (unpaired) electrons. The van der Waals surface area contributed by atoms with Gasteiger partial charge in [-0.3, -0.25) is 0 Å². The summed E-state index contributed by atoms with van der Waals surface area (Å²) in [5, 5.41) is 0. The third-order valence-corrected chi connectivity index (χ3v) is 14.9. The summed E-state index contributed by atoms with van der Waals surface area (Å²) in [6.07, 6.45) is 31.8. The van der Waals surface area contributed by atoms with Gasteiger partial charge in [-0.15, -0.1) is 6.58 Å². The summed E-state index contributed by atoms with van der Waals surface area (Å²) in [5.41, 5.74) is 3.57. The Morgan fingerprint density at radius 1 is 0.406 bits per heavy atom. The molecule has 0 heterocycles. The lowest BCUT2D eigenvalue weighted by Gasteiger charge is -2.77. The summed E-state index contributed by atoms with van der Waals surface area (Å²) in [5.74, 6) is 7.72. The maximum Gasteiger partial charge on any atom is -0.0110 e. The molecule has 12 rings (SSSR count). The van der Waals surface area contributed by atoms with Crippen LogP contribution in [-0.4, -0.2) is 0 Å². The van der Waals surface area contributed by atoms with Crippen LogP contribution in [0.5, 0.6) is 0 Å². The molecule has 12 aliphatic rings. The normalized spacial score (nSPS) is 67.4. The van der Waals surface area contributed by atoms with Gasteiger partial charge in [0.2, 0.25) is 0 Å². The molecule has 12 aliphatic carbocycles. The molecular formula is C32H46. The second kappa shape index (κ2) is 5.59. The molecule has 0 aliphatic heterocycles.